The van der Waals surface area contributed by atoms with E-state index < -0.39 is 0 Å². The average Bonchev–Trinajstić information content (AvgIpc) is 1.66. The van der Waals surface area contributed by atoms with Gasteiger partial charge in [-0.05, 0) is 0 Å². The van der Waals surface area contributed by atoms with E-state index in [2.05, 4.69) is 29.1 Å². The molecule has 0 nitrogen and oxygen atoms in total. The monoisotopic (exact) mass is 196 g/mol. The maximum absolute atomic E-state index is 2.65. The maximum atomic E-state index is 2.65. The van der Waals surface area contributed by atoms with Crippen molar-refractivity contribution in [1.29, 1.82) is 0 Å². The van der Waals surface area contributed by atoms with Gasteiger partial charge in [0.2, 0.25) is 0 Å². The summed E-state index contributed by atoms with van der Waals surface area (Å²) in [5, 5.41) is 1.31. The molecule has 50 valence electrons. The molecule has 0 aliphatic carbocycles. The van der Waals surface area contributed by atoms with Gasteiger partial charge >= 0.3 is 62.1 Å². The van der Waals surface area contributed by atoms with Crippen LogP contribution in [0.2, 0.25) is 24.5 Å². The van der Waals surface area contributed by atoms with Gasteiger partial charge in [0, 0.05) is 0 Å². The van der Waals surface area contributed by atoms with Crippen molar-refractivity contribution in [2.45, 2.75) is 37.3 Å². The van der Waals surface area contributed by atoms with Crippen molar-refractivity contribution in [3.63, 3.8) is 0 Å². The fraction of sp³-hybridized carbons (Fsp3) is 1.00. The Kier molecular flexibility index (Phi) is 6.41. The quantitative estimate of drug-likeness (QED) is 0.472. The number of rotatable bonds is 4. The second kappa shape index (κ2) is 5.87. The van der Waals surface area contributed by atoms with Crippen molar-refractivity contribution in [2.24, 2.45) is 0 Å². The normalized spacial score (nSPS) is 10.5. The van der Waals surface area contributed by atoms with Gasteiger partial charge in [0.1, 0.15) is 0 Å². The molecule has 0 unspecified atom stereocenters. The zero-order valence-electron chi connectivity index (χ0n) is 5.85. The molecule has 0 bridgehead atoms. The van der Waals surface area contributed by atoms with Crippen molar-refractivity contribution >= 4 is 24.8 Å². The first-order valence-corrected chi connectivity index (χ1v) is 7.83. The van der Waals surface area contributed by atoms with Gasteiger partial charge in [-0.15, -0.1) is 0 Å². The molecular weight excluding hydrogens is 179 g/mol. The van der Waals surface area contributed by atoms with Crippen molar-refractivity contribution in [3.05, 3.63) is 0 Å². The first-order chi connectivity index (χ1) is 3.77. The van der Waals surface area contributed by atoms with Crippen molar-refractivity contribution in [3.8, 4) is 0 Å². The summed E-state index contributed by atoms with van der Waals surface area (Å²) in [6, 6.07) is 1.54. The third-order valence-electron chi connectivity index (χ3n) is 1.19. The Hall–Kier alpha value is 0.736. The molecule has 0 saturated carbocycles. The summed E-state index contributed by atoms with van der Waals surface area (Å²) in [6.07, 6.45) is 2.89. The van der Waals surface area contributed by atoms with Gasteiger partial charge < -0.3 is 0 Å². The molecule has 8 heavy (non-hydrogen) atoms. The van der Waals surface area contributed by atoms with Crippen LogP contribution in [0.5, 0.6) is 0 Å². The van der Waals surface area contributed by atoms with Crippen LogP contribution >= 0.6 is 0 Å². The Labute approximate surface area is 62.5 Å². The molecule has 0 aliphatic rings. The van der Waals surface area contributed by atoms with Crippen LogP contribution in [0.1, 0.15) is 12.8 Å². The van der Waals surface area contributed by atoms with Crippen LogP contribution in [-0.2, 0) is 0 Å². The molecule has 0 atom stereocenters. The Balaban J connectivity index is 2.72. The third-order valence-corrected chi connectivity index (χ3v) is 3.42. The fourth-order valence-corrected chi connectivity index (χ4v) is 2.24. The molecule has 0 aromatic rings. The van der Waals surface area contributed by atoms with E-state index >= 15 is 0 Å². The van der Waals surface area contributed by atoms with Crippen LogP contribution in [0, 0.1) is 0 Å². The van der Waals surface area contributed by atoms with Gasteiger partial charge in [-0.2, -0.15) is 0 Å². The predicted molar refractivity (Wildman–Crippen MR) is 44.9 cm³/mol. The van der Waals surface area contributed by atoms with Crippen LogP contribution in [0.25, 0.3) is 0 Å². The summed E-state index contributed by atoms with van der Waals surface area (Å²) in [5.41, 5.74) is 0. The van der Waals surface area contributed by atoms with Gasteiger partial charge in [0.15, 0.2) is 0 Å². The predicted octanol–water partition coefficient (Wildman–Crippen LogP) is 1.57. The van der Waals surface area contributed by atoms with Crippen molar-refractivity contribution in [2.75, 3.05) is 0 Å². The Morgan fingerprint density at radius 2 is 1.88 bits per heavy atom. The summed E-state index contributed by atoms with van der Waals surface area (Å²) in [6.45, 7) is 4.84. The second-order valence-electron chi connectivity index (χ2n) is 2.61. The molecule has 0 aliphatic heterocycles. The molecule has 0 saturated heterocycles. The summed E-state index contributed by atoms with van der Waals surface area (Å²) >= 11 is 2.65. The van der Waals surface area contributed by atoms with E-state index in [0.29, 0.717) is 0 Å². The molecule has 0 aromatic carbocycles. The fourth-order valence-electron chi connectivity index (χ4n) is 0.664. The third kappa shape index (κ3) is 6.74. The summed E-state index contributed by atoms with van der Waals surface area (Å²) in [4.78, 5) is 0. The molecule has 0 rings (SSSR count). The van der Waals surface area contributed by atoms with E-state index in [-0.39, 0.29) is 8.80 Å². The molecule has 0 radical (unpaired) electrons. The molecule has 0 heterocycles. The van der Waals surface area contributed by atoms with E-state index in [1.807, 2.05) is 0 Å². The minimum absolute atomic E-state index is 0.209. The van der Waals surface area contributed by atoms with Gasteiger partial charge in [-0.3, -0.25) is 0 Å². The number of unbranched alkanes of at least 4 members (excludes halogenated alkanes) is 1. The van der Waals surface area contributed by atoms with Crippen molar-refractivity contribution in [1.82, 2.24) is 0 Å². The van der Waals surface area contributed by atoms with Gasteiger partial charge in [0.05, 0.1) is 0 Å². The SMILES string of the molecule is C[SiH](C)CCCC[SeH]. The molecule has 2 heteroatoms. The van der Waals surface area contributed by atoms with E-state index in [4.69, 9.17) is 0 Å². The standard InChI is InChI=1S/C6H16SeSi/c1-8(2)6-4-3-5-7/h7-8H,3-6H2,1-2H3. The zero-order chi connectivity index (χ0) is 6.41. The molecule has 0 amide bonds. The first-order valence-electron chi connectivity index (χ1n) is 3.38. The molecule has 0 N–H and O–H groups in total. The topological polar surface area (TPSA) is 0 Å². The Morgan fingerprint density at radius 1 is 1.25 bits per heavy atom. The van der Waals surface area contributed by atoms with Crippen LogP contribution in [-0.4, -0.2) is 24.8 Å². The molecule has 0 aromatic heterocycles. The van der Waals surface area contributed by atoms with E-state index in [9.17, 15) is 0 Å². The van der Waals surface area contributed by atoms with Gasteiger partial charge in [-0.1, -0.05) is 0 Å². The van der Waals surface area contributed by atoms with Gasteiger partial charge in [0.25, 0.3) is 0 Å². The first kappa shape index (κ1) is 8.74. The van der Waals surface area contributed by atoms with E-state index in [1.165, 1.54) is 24.2 Å². The van der Waals surface area contributed by atoms with Crippen LogP contribution in [0.3, 0.4) is 0 Å². The molecular formula is C6H16SeSi. The number of hydrogen-bond acceptors (Lipinski definition) is 0. The minimum atomic E-state index is -0.209. The van der Waals surface area contributed by atoms with E-state index in [1.54, 1.807) is 0 Å². The van der Waals surface area contributed by atoms with Crippen LogP contribution < -0.4 is 0 Å². The molecule has 0 fully saturated rings. The summed E-state index contributed by atoms with van der Waals surface area (Å²) < 4.78 is 0. The molecule has 0 spiro atoms. The average molecular weight is 195 g/mol. The van der Waals surface area contributed by atoms with E-state index in [0.717, 1.165) is 0 Å². The summed E-state index contributed by atoms with van der Waals surface area (Å²) in [5.74, 6) is 0. The van der Waals surface area contributed by atoms with Crippen LogP contribution in [0.4, 0.5) is 0 Å². The second-order valence-corrected chi connectivity index (χ2v) is 6.92. The van der Waals surface area contributed by atoms with Gasteiger partial charge in [-0.25, -0.2) is 0 Å². The zero-order valence-corrected chi connectivity index (χ0v) is 8.88. The van der Waals surface area contributed by atoms with Crippen LogP contribution in [0.15, 0.2) is 0 Å². The number of hydrogen-bond donors (Lipinski definition) is 0. The summed E-state index contributed by atoms with van der Waals surface area (Å²) in [7, 11) is -0.209. The Bertz CT molecular complexity index is 45.8. The van der Waals surface area contributed by atoms with Crippen molar-refractivity contribution < 1.29 is 0 Å². The Morgan fingerprint density at radius 3 is 2.25 bits per heavy atom.